The molecule has 0 spiro atoms. The second-order valence-electron chi connectivity index (χ2n) is 10.5. The number of aryl methyl sites for hydroxylation is 1. The van der Waals surface area contributed by atoms with Gasteiger partial charge < -0.3 is 15.4 Å². The van der Waals surface area contributed by atoms with Crippen LogP contribution in [0.5, 0.6) is 0 Å². The summed E-state index contributed by atoms with van der Waals surface area (Å²) in [6.45, 7) is 4.35. The average molecular weight is 559 g/mol. The molecule has 1 aliphatic carbocycles. The van der Waals surface area contributed by atoms with Gasteiger partial charge in [0.25, 0.3) is 5.91 Å². The highest BCUT2D eigenvalue weighted by Gasteiger charge is 2.43. The van der Waals surface area contributed by atoms with E-state index in [1.165, 1.54) is 10.9 Å². The monoisotopic (exact) mass is 558 g/mol. The van der Waals surface area contributed by atoms with Crippen molar-refractivity contribution in [3.63, 3.8) is 0 Å². The van der Waals surface area contributed by atoms with Gasteiger partial charge in [-0.3, -0.25) is 14.9 Å². The van der Waals surface area contributed by atoms with Crippen molar-refractivity contribution in [2.24, 2.45) is 4.99 Å². The molecular weight excluding hydrogens is 527 g/mol. The molecule has 13 heteroatoms. The number of anilines is 2. The molecule has 1 atom stereocenters. The van der Waals surface area contributed by atoms with Crippen molar-refractivity contribution >= 4 is 23.8 Å². The molecule has 5 heterocycles. The predicted octanol–water partition coefficient (Wildman–Crippen LogP) is 3.82. The molecule has 1 amide bonds. The number of hydrogen-bond donors (Lipinski definition) is 3. The van der Waals surface area contributed by atoms with Crippen molar-refractivity contribution < 1.29 is 13.9 Å². The number of halogens is 1. The van der Waals surface area contributed by atoms with Crippen LogP contribution >= 0.6 is 0 Å². The van der Waals surface area contributed by atoms with Crippen LogP contribution in [-0.4, -0.2) is 59.8 Å². The van der Waals surface area contributed by atoms with Gasteiger partial charge in [-0.1, -0.05) is 6.07 Å². The Morgan fingerprint density at radius 2 is 2.07 bits per heavy atom. The van der Waals surface area contributed by atoms with Gasteiger partial charge >= 0.3 is 0 Å². The van der Waals surface area contributed by atoms with Crippen LogP contribution in [-0.2, 0) is 16.1 Å². The average Bonchev–Trinajstić information content (AvgIpc) is 3.74. The number of aromatic nitrogens is 7. The first-order valence-electron chi connectivity index (χ1n) is 13.6. The Hall–Kier alpha value is -4.52. The van der Waals surface area contributed by atoms with E-state index in [1.54, 1.807) is 25.6 Å². The maximum absolute atomic E-state index is 13.5. The Bertz CT molecular complexity index is 1590. The van der Waals surface area contributed by atoms with Crippen LogP contribution in [0.25, 0.3) is 5.82 Å². The first kappa shape index (κ1) is 26.7. The molecule has 41 heavy (non-hydrogen) atoms. The summed E-state index contributed by atoms with van der Waals surface area (Å²) in [5.41, 5.74) is 2.58. The SMILES string of the molecule is COC1(C(=O)N[C@@H](C)c2ccc(-n3cc(F)cn3)nc2)CCC(c2nc3c(c(Nc4cc(C)[nH]n4)n2)C=NC3)CC1. The molecule has 1 fully saturated rings. The number of pyridine rings is 1. The summed E-state index contributed by atoms with van der Waals surface area (Å²) in [4.78, 5) is 32.0. The molecule has 0 radical (unpaired) electrons. The van der Waals surface area contributed by atoms with Crippen molar-refractivity contribution in [2.45, 2.75) is 63.6 Å². The number of nitrogens with zero attached hydrogens (tertiary/aromatic N) is 7. The summed E-state index contributed by atoms with van der Waals surface area (Å²) in [7, 11) is 1.58. The van der Waals surface area contributed by atoms with Crippen LogP contribution in [0.2, 0.25) is 0 Å². The van der Waals surface area contributed by atoms with Gasteiger partial charge in [-0.15, -0.1) is 0 Å². The molecule has 0 bridgehead atoms. The molecule has 4 aromatic rings. The summed E-state index contributed by atoms with van der Waals surface area (Å²) in [5.74, 6) is 2.08. The molecule has 0 aromatic carbocycles. The number of ether oxygens (including phenoxy) is 1. The van der Waals surface area contributed by atoms with Crippen molar-refractivity contribution in [2.75, 3.05) is 12.4 Å². The molecule has 4 aromatic heterocycles. The number of methoxy groups -OCH3 is 1. The highest BCUT2D eigenvalue weighted by atomic mass is 19.1. The van der Waals surface area contributed by atoms with Gasteiger partial charge in [0.05, 0.1) is 36.2 Å². The Balaban J connectivity index is 1.12. The van der Waals surface area contributed by atoms with Gasteiger partial charge in [0.2, 0.25) is 0 Å². The fourth-order valence-electron chi connectivity index (χ4n) is 5.39. The second-order valence-corrected chi connectivity index (χ2v) is 10.5. The minimum Gasteiger partial charge on any atom is -0.368 e. The summed E-state index contributed by atoms with van der Waals surface area (Å²) in [6, 6.07) is 5.19. The summed E-state index contributed by atoms with van der Waals surface area (Å²) >= 11 is 0. The zero-order valence-electron chi connectivity index (χ0n) is 23.1. The number of amides is 1. The fourth-order valence-corrected chi connectivity index (χ4v) is 5.39. The molecule has 0 saturated heterocycles. The first-order chi connectivity index (χ1) is 19.8. The fraction of sp³-hybridized carbons (Fsp3) is 0.393. The molecule has 6 rings (SSSR count). The number of carbonyl (C=O) groups excluding carboxylic acids is 1. The minimum atomic E-state index is -0.946. The zero-order valence-corrected chi connectivity index (χ0v) is 23.1. The number of aromatic amines is 1. The number of carbonyl (C=O) groups is 1. The van der Waals surface area contributed by atoms with Crippen LogP contribution in [0.15, 0.2) is 41.8 Å². The number of rotatable bonds is 8. The number of aliphatic imine (C=N–C) groups is 1. The van der Waals surface area contributed by atoms with E-state index in [0.29, 0.717) is 49.7 Å². The molecule has 1 saturated carbocycles. The third kappa shape index (κ3) is 5.32. The van der Waals surface area contributed by atoms with E-state index in [2.05, 4.69) is 35.9 Å². The lowest BCUT2D eigenvalue weighted by Crippen LogP contribution is -2.50. The lowest BCUT2D eigenvalue weighted by atomic mass is 9.77. The Kier molecular flexibility index (Phi) is 7.03. The van der Waals surface area contributed by atoms with Gasteiger partial charge in [0.1, 0.15) is 17.2 Å². The van der Waals surface area contributed by atoms with Crippen LogP contribution < -0.4 is 10.6 Å². The smallest absolute Gasteiger partial charge is 0.252 e. The second kappa shape index (κ2) is 10.8. The normalized spacial score (nSPS) is 20.5. The van der Waals surface area contributed by atoms with Crippen LogP contribution in [0, 0.1) is 12.7 Å². The molecule has 1 aliphatic heterocycles. The van der Waals surface area contributed by atoms with E-state index in [0.717, 1.165) is 34.5 Å². The van der Waals surface area contributed by atoms with E-state index < -0.39 is 11.4 Å². The van der Waals surface area contributed by atoms with E-state index in [1.807, 2.05) is 26.0 Å². The third-order valence-electron chi connectivity index (χ3n) is 7.82. The van der Waals surface area contributed by atoms with Gasteiger partial charge in [0.15, 0.2) is 17.5 Å². The molecule has 12 nitrogen and oxygen atoms in total. The Morgan fingerprint density at radius 1 is 1.24 bits per heavy atom. The highest BCUT2D eigenvalue weighted by molar-refractivity contribution is 5.90. The molecule has 212 valence electrons. The highest BCUT2D eigenvalue weighted by Crippen LogP contribution is 2.40. The zero-order chi connectivity index (χ0) is 28.6. The summed E-state index contributed by atoms with van der Waals surface area (Å²) < 4.78 is 20.5. The third-order valence-corrected chi connectivity index (χ3v) is 7.82. The van der Waals surface area contributed by atoms with Crippen LogP contribution in [0.1, 0.15) is 72.9 Å². The number of hydrogen-bond acceptors (Lipinski definition) is 9. The van der Waals surface area contributed by atoms with Gasteiger partial charge in [-0.25, -0.2) is 24.0 Å². The number of nitrogens with one attached hydrogen (secondary N) is 3. The minimum absolute atomic E-state index is 0.0831. The topological polar surface area (TPSA) is 148 Å². The van der Waals surface area contributed by atoms with Gasteiger partial charge in [0, 0.05) is 37.2 Å². The lowest BCUT2D eigenvalue weighted by molar-refractivity contribution is -0.148. The van der Waals surface area contributed by atoms with Crippen molar-refractivity contribution in [3.8, 4) is 5.82 Å². The van der Waals surface area contributed by atoms with E-state index in [-0.39, 0.29) is 17.9 Å². The maximum atomic E-state index is 13.5. The van der Waals surface area contributed by atoms with Crippen molar-refractivity contribution in [1.82, 2.24) is 40.2 Å². The Morgan fingerprint density at radius 3 is 2.73 bits per heavy atom. The number of fused-ring (bicyclic) bond motifs is 1. The standard InChI is InChI=1S/C28H31FN10O2/c1-16-10-23(38-37-16)35-26-21-13-30-14-22(21)34-25(36-26)18-6-8-28(41-3,9-7-18)27(40)33-17(2)19-4-5-24(31-11-19)39-15-20(29)12-32-39/h4-5,10-13,15,17-18H,6-9,14H2,1-3H3,(H,33,40)(H2,34,35,36,37,38)/t17-,18?,28?/m0/s1. The molecule has 2 aliphatic rings. The van der Waals surface area contributed by atoms with Crippen LogP contribution in [0.3, 0.4) is 0 Å². The predicted molar refractivity (Wildman–Crippen MR) is 149 cm³/mol. The van der Waals surface area contributed by atoms with Gasteiger partial charge in [-0.2, -0.15) is 10.2 Å². The first-order valence-corrected chi connectivity index (χ1v) is 13.6. The van der Waals surface area contributed by atoms with Crippen molar-refractivity contribution in [3.05, 3.63) is 70.9 Å². The largest absolute Gasteiger partial charge is 0.368 e. The summed E-state index contributed by atoms with van der Waals surface area (Å²) in [5, 5.41) is 17.5. The van der Waals surface area contributed by atoms with Crippen LogP contribution in [0.4, 0.5) is 16.0 Å². The number of H-pyrrole nitrogens is 1. The summed E-state index contributed by atoms with van der Waals surface area (Å²) in [6.07, 6.45) is 8.30. The van der Waals surface area contributed by atoms with Gasteiger partial charge in [-0.05, 0) is 51.2 Å². The van der Waals surface area contributed by atoms with E-state index in [9.17, 15) is 9.18 Å². The lowest BCUT2D eigenvalue weighted by Gasteiger charge is -2.38. The molecular formula is C28H31FN10O2. The molecule has 0 unspecified atom stereocenters. The Labute approximate surface area is 235 Å². The molecule has 3 N–H and O–H groups in total. The van der Waals surface area contributed by atoms with E-state index in [4.69, 9.17) is 14.7 Å². The quantitative estimate of drug-likeness (QED) is 0.296. The maximum Gasteiger partial charge on any atom is 0.252 e. The van der Waals surface area contributed by atoms with Crippen molar-refractivity contribution in [1.29, 1.82) is 0 Å². The van der Waals surface area contributed by atoms with E-state index >= 15 is 0 Å².